The largest absolute Gasteiger partial charge is 0.377 e. The van der Waals surface area contributed by atoms with Crippen molar-refractivity contribution >= 4 is 29.0 Å². The molecule has 0 aromatic heterocycles. The second kappa shape index (κ2) is 9.53. The Hall–Kier alpha value is -4.18. The summed E-state index contributed by atoms with van der Waals surface area (Å²) in [5.41, 5.74) is 3.22. The van der Waals surface area contributed by atoms with Gasteiger partial charge in [0.15, 0.2) is 0 Å². The SMILES string of the molecule is CC(Nc1c(NN(C(=O)C=Cc2ccccc2)c2ccc(C#N)cc2)c(=O)c1=O)C(C)(C)C. The Balaban J connectivity index is 1.94. The summed E-state index contributed by atoms with van der Waals surface area (Å²) < 4.78 is 0. The number of amides is 1. The first kappa shape index (κ1) is 23.5. The van der Waals surface area contributed by atoms with E-state index in [0.29, 0.717) is 11.3 Å². The Morgan fingerprint density at radius 3 is 2.18 bits per heavy atom. The highest BCUT2D eigenvalue weighted by molar-refractivity contribution is 6.05. The van der Waals surface area contributed by atoms with Crippen LogP contribution in [0.5, 0.6) is 0 Å². The number of anilines is 3. The number of carbonyl (C=O) groups is 1. The second-order valence-corrected chi connectivity index (χ2v) is 8.83. The highest BCUT2D eigenvalue weighted by Gasteiger charge is 2.29. The molecule has 33 heavy (non-hydrogen) atoms. The first-order chi connectivity index (χ1) is 15.6. The van der Waals surface area contributed by atoms with Gasteiger partial charge in [0.2, 0.25) is 0 Å². The van der Waals surface area contributed by atoms with Gasteiger partial charge in [-0.05, 0) is 48.2 Å². The molecule has 0 heterocycles. The van der Waals surface area contributed by atoms with E-state index in [4.69, 9.17) is 5.26 Å². The fourth-order valence-corrected chi connectivity index (χ4v) is 2.92. The van der Waals surface area contributed by atoms with E-state index >= 15 is 0 Å². The van der Waals surface area contributed by atoms with Crippen molar-refractivity contribution in [3.8, 4) is 6.07 Å². The van der Waals surface area contributed by atoms with Gasteiger partial charge in [0.25, 0.3) is 16.8 Å². The molecule has 2 N–H and O–H groups in total. The summed E-state index contributed by atoms with van der Waals surface area (Å²) >= 11 is 0. The van der Waals surface area contributed by atoms with Crippen LogP contribution in [-0.2, 0) is 4.79 Å². The molecule has 3 aromatic carbocycles. The lowest BCUT2D eigenvalue weighted by Gasteiger charge is -2.31. The lowest BCUT2D eigenvalue weighted by molar-refractivity contribution is -0.113. The molecule has 0 saturated heterocycles. The molecule has 0 bridgehead atoms. The van der Waals surface area contributed by atoms with Gasteiger partial charge in [-0.3, -0.25) is 19.8 Å². The number of nitriles is 1. The Morgan fingerprint density at radius 2 is 1.61 bits per heavy atom. The third-order valence-corrected chi connectivity index (χ3v) is 5.49. The van der Waals surface area contributed by atoms with Crippen LogP contribution in [0.1, 0.15) is 38.8 Å². The predicted molar refractivity (Wildman–Crippen MR) is 132 cm³/mol. The Kier molecular flexibility index (Phi) is 6.78. The number of carbonyl (C=O) groups excluding carboxylic acids is 1. The summed E-state index contributed by atoms with van der Waals surface area (Å²) in [5.74, 6) is -0.452. The average molecular weight is 443 g/mol. The molecule has 0 aliphatic carbocycles. The zero-order chi connectivity index (χ0) is 24.2. The monoisotopic (exact) mass is 442 g/mol. The zero-order valence-electron chi connectivity index (χ0n) is 19.0. The van der Waals surface area contributed by atoms with Crippen LogP contribution in [-0.4, -0.2) is 11.9 Å². The van der Waals surface area contributed by atoms with Gasteiger partial charge >= 0.3 is 0 Å². The normalized spacial score (nSPS) is 12.3. The maximum atomic E-state index is 13.1. The van der Waals surface area contributed by atoms with Gasteiger partial charge in [-0.2, -0.15) is 5.26 Å². The molecule has 3 rings (SSSR count). The van der Waals surface area contributed by atoms with Gasteiger partial charge in [-0.1, -0.05) is 51.1 Å². The average Bonchev–Trinajstić information content (AvgIpc) is 2.81. The number of benzene rings is 2. The smallest absolute Gasteiger partial charge is 0.269 e. The molecule has 1 amide bonds. The van der Waals surface area contributed by atoms with E-state index in [0.717, 1.165) is 5.56 Å². The van der Waals surface area contributed by atoms with Crippen molar-refractivity contribution in [3.63, 3.8) is 0 Å². The van der Waals surface area contributed by atoms with E-state index in [-0.39, 0.29) is 22.8 Å². The number of hydrogen-bond donors (Lipinski definition) is 2. The molecule has 0 aliphatic heterocycles. The fraction of sp³-hybridized carbons (Fsp3) is 0.231. The van der Waals surface area contributed by atoms with Gasteiger partial charge in [0, 0.05) is 12.1 Å². The van der Waals surface area contributed by atoms with Crippen molar-refractivity contribution in [2.75, 3.05) is 15.8 Å². The summed E-state index contributed by atoms with van der Waals surface area (Å²) in [7, 11) is 0. The molecular formula is C26H26N4O3. The summed E-state index contributed by atoms with van der Waals surface area (Å²) in [5, 5.41) is 13.4. The lowest BCUT2D eigenvalue weighted by atomic mass is 9.87. The number of rotatable bonds is 7. The van der Waals surface area contributed by atoms with Crippen LogP contribution in [0.25, 0.3) is 6.08 Å². The maximum absolute atomic E-state index is 13.1. The Morgan fingerprint density at radius 1 is 1.00 bits per heavy atom. The molecular weight excluding hydrogens is 416 g/mol. The minimum absolute atomic E-state index is 0.0296. The van der Waals surface area contributed by atoms with E-state index in [2.05, 4.69) is 10.7 Å². The van der Waals surface area contributed by atoms with Crippen LogP contribution in [0.4, 0.5) is 17.1 Å². The van der Waals surface area contributed by atoms with Gasteiger partial charge in [-0.15, -0.1) is 0 Å². The summed E-state index contributed by atoms with van der Waals surface area (Å²) in [6.07, 6.45) is 3.03. The highest BCUT2D eigenvalue weighted by atomic mass is 16.2. The summed E-state index contributed by atoms with van der Waals surface area (Å²) in [6, 6.07) is 17.6. The number of hydrogen-bond acceptors (Lipinski definition) is 6. The molecule has 1 atom stereocenters. The van der Waals surface area contributed by atoms with Crippen LogP contribution in [0.15, 0.2) is 70.3 Å². The zero-order valence-corrected chi connectivity index (χ0v) is 19.0. The first-order valence-electron chi connectivity index (χ1n) is 10.6. The minimum Gasteiger partial charge on any atom is -0.377 e. The molecule has 3 aromatic rings. The van der Waals surface area contributed by atoms with Gasteiger partial charge in [0.05, 0.1) is 17.3 Å². The molecule has 0 fully saturated rings. The number of nitrogens with one attached hydrogen (secondary N) is 2. The molecule has 0 spiro atoms. The van der Waals surface area contributed by atoms with Crippen LogP contribution in [0.3, 0.4) is 0 Å². The van der Waals surface area contributed by atoms with E-state index in [9.17, 15) is 14.4 Å². The van der Waals surface area contributed by atoms with Crippen LogP contribution in [0.2, 0.25) is 0 Å². The van der Waals surface area contributed by atoms with E-state index < -0.39 is 16.8 Å². The van der Waals surface area contributed by atoms with Crippen molar-refractivity contribution in [1.82, 2.24) is 0 Å². The Bertz CT molecular complexity index is 1270. The third-order valence-electron chi connectivity index (χ3n) is 5.49. The van der Waals surface area contributed by atoms with Crippen molar-refractivity contribution in [3.05, 3.63) is 92.2 Å². The van der Waals surface area contributed by atoms with Crippen molar-refractivity contribution in [1.29, 1.82) is 5.26 Å². The van der Waals surface area contributed by atoms with Gasteiger partial charge < -0.3 is 5.32 Å². The molecule has 0 saturated carbocycles. The van der Waals surface area contributed by atoms with E-state index in [1.807, 2.05) is 64.1 Å². The molecule has 0 radical (unpaired) electrons. The van der Waals surface area contributed by atoms with Crippen molar-refractivity contribution in [2.45, 2.75) is 33.7 Å². The first-order valence-corrected chi connectivity index (χ1v) is 10.6. The predicted octanol–water partition coefficient (Wildman–Crippen LogP) is 4.07. The highest BCUT2D eigenvalue weighted by Crippen LogP contribution is 2.26. The molecule has 7 nitrogen and oxygen atoms in total. The Labute approximate surface area is 192 Å². The topological polar surface area (TPSA) is 102 Å². The van der Waals surface area contributed by atoms with Gasteiger partial charge in [-0.25, -0.2) is 5.01 Å². The van der Waals surface area contributed by atoms with Crippen molar-refractivity contribution in [2.24, 2.45) is 5.41 Å². The maximum Gasteiger partial charge on any atom is 0.269 e. The second-order valence-electron chi connectivity index (χ2n) is 8.83. The fourth-order valence-electron chi connectivity index (χ4n) is 2.92. The number of nitrogens with zero attached hydrogens (tertiary/aromatic N) is 2. The standard InChI is InChI=1S/C26H26N4O3/c1-17(26(2,3)4)28-22-23(25(33)24(22)32)29-30(20-13-10-19(16-27)11-14-20)21(31)15-12-18-8-6-5-7-9-18/h5-15,17,28-29H,1-4H3. The van der Waals surface area contributed by atoms with E-state index in [1.54, 1.807) is 30.3 Å². The van der Waals surface area contributed by atoms with Crippen LogP contribution in [0, 0.1) is 16.7 Å². The quantitative estimate of drug-likeness (QED) is 0.325. The molecule has 0 aliphatic rings. The molecule has 7 heteroatoms. The van der Waals surface area contributed by atoms with E-state index in [1.165, 1.54) is 11.1 Å². The van der Waals surface area contributed by atoms with Crippen LogP contribution < -0.4 is 26.6 Å². The van der Waals surface area contributed by atoms with Gasteiger partial charge in [0.1, 0.15) is 11.4 Å². The lowest BCUT2D eigenvalue weighted by Crippen LogP contribution is -2.46. The summed E-state index contributed by atoms with van der Waals surface area (Å²) in [4.78, 5) is 37.7. The van der Waals surface area contributed by atoms with Crippen molar-refractivity contribution < 1.29 is 4.79 Å². The number of hydrazine groups is 1. The minimum atomic E-state index is -0.697. The molecule has 1 unspecified atom stereocenters. The van der Waals surface area contributed by atoms with Crippen LogP contribution >= 0.6 is 0 Å². The summed E-state index contributed by atoms with van der Waals surface area (Å²) in [6.45, 7) is 7.98. The third kappa shape index (κ3) is 5.36. The molecule has 168 valence electrons.